The van der Waals surface area contributed by atoms with Gasteiger partial charge in [0, 0.05) is 11.4 Å². The molecule has 0 heterocycles. The first-order valence-corrected chi connectivity index (χ1v) is 15.6. The molecule has 0 radical (unpaired) electrons. The molecule has 0 atom stereocenters. The van der Waals surface area contributed by atoms with Gasteiger partial charge in [0.2, 0.25) is 5.91 Å². The van der Waals surface area contributed by atoms with E-state index in [4.69, 9.17) is 0 Å². The van der Waals surface area contributed by atoms with Gasteiger partial charge in [-0.25, -0.2) is 16.8 Å². The van der Waals surface area contributed by atoms with Crippen LogP contribution >= 0.6 is 0 Å². The fourth-order valence-electron chi connectivity index (χ4n) is 4.14. The van der Waals surface area contributed by atoms with E-state index in [-0.39, 0.29) is 9.79 Å². The Kier molecular flexibility index (Phi) is 8.61. The van der Waals surface area contributed by atoms with Crippen molar-refractivity contribution in [3.05, 3.63) is 114 Å². The zero-order valence-corrected chi connectivity index (χ0v) is 24.1. The monoisotopic (exact) mass is 577 g/mol. The topological polar surface area (TPSA) is 113 Å². The van der Waals surface area contributed by atoms with Gasteiger partial charge in [-0.05, 0) is 91.6 Å². The van der Waals surface area contributed by atoms with Crippen molar-refractivity contribution in [1.29, 1.82) is 0 Å². The summed E-state index contributed by atoms with van der Waals surface area (Å²) in [6, 6.07) is 26.0. The molecule has 0 spiro atoms. The van der Waals surface area contributed by atoms with Crippen molar-refractivity contribution < 1.29 is 21.6 Å². The second-order valence-electron chi connectivity index (χ2n) is 9.28. The van der Waals surface area contributed by atoms with Gasteiger partial charge in [-0.3, -0.25) is 13.8 Å². The molecule has 2 N–H and O–H groups in total. The predicted molar refractivity (Wildman–Crippen MR) is 159 cm³/mol. The van der Waals surface area contributed by atoms with Gasteiger partial charge in [0.15, 0.2) is 0 Å². The maximum atomic E-state index is 13.6. The second-order valence-corrected chi connectivity index (χ2v) is 12.8. The average molecular weight is 578 g/mol. The van der Waals surface area contributed by atoms with Gasteiger partial charge < -0.3 is 5.32 Å². The molecule has 4 aromatic carbocycles. The highest BCUT2D eigenvalue weighted by molar-refractivity contribution is 7.93. The van der Waals surface area contributed by atoms with Crippen molar-refractivity contribution >= 4 is 43.0 Å². The quantitative estimate of drug-likeness (QED) is 0.258. The Labute approximate surface area is 235 Å². The molecule has 8 nitrogen and oxygen atoms in total. The first-order chi connectivity index (χ1) is 19.0. The summed E-state index contributed by atoms with van der Waals surface area (Å²) in [5, 5.41) is 2.68. The summed E-state index contributed by atoms with van der Waals surface area (Å²) < 4.78 is 56.6. The van der Waals surface area contributed by atoms with Crippen LogP contribution in [0.15, 0.2) is 107 Å². The fourth-order valence-corrected chi connectivity index (χ4v) is 6.67. The molecule has 0 saturated carbocycles. The van der Waals surface area contributed by atoms with Crippen molar-refractivity contribution in [2.24, 2.45) is 0 Å². The Balaban J connectivity index is 1.54. The Morgan fingerprint density at radius 3 is 2.00 bits per heavy atom. The minimum atomic E-state index is -4.05. The van der Waals surface area contributed by atoms with Gasteiger partial charge >= 0.3 is 0 Å². The molecule has 0 bridgehead atoms. The molecule has 0 fully saturated rings. The van der Waals surface area contributed by atoms with Gasteiger partial charge in [-0.15, -0.1) is 0 Å². The van der Waals surface area contributed by atoms with Crippen LogP contribution in [0.5, 0.6) is 0 Å². The van der Waals surface area contributed by atoms with Crippen molar-refractivity contribution in [1.82, 2.24) is 0 Å². The van der Waals surface area contributed by atoms with Crippen LogP contribution < -0.4 is 14.3 Å². The number of carbonyl (C=O) groups is 1. The number of amides is 1. The zero-order valence-electron chi connectivity index (χ0n) is 22.5. The van der Waals surface area contributed by atoms with Crippen molar-refractivity contribution in [2.75, 3.05) is 20.9 Å². The third-order valence-corrected chi connectivity index (χ3v) is 9.64. The molecule has 0 aliphatic heterocycles. The standard InChI is InChI=1S/C30H31N3O5S2/c1-4-24-10-8-9-13-29(24)33(40(37,38)28-11-6-5-7-12-28)21-30(34)31-25-16-18-27(19-17-25)39(35,36)32-26-15-14-22(2)23(3)20-26/h5-20,32H,4,21H2,1-3H3,(H,31,34). The van der Waals surface area contributed by atoms with E-state index in [1.54, 1.807) is 42.5 Å². The van der Waals surface area contributed by atoms with Crippen LogP contribution in [0.25, 0.3) is 0 Å². The zero-order chi connectivity index (χ0) is 28.9. The van der Waals surface area contributed by atoms with Gasteiger partial charge in [0.25, 0.3) is 20.0 Å². The molecule has 0 aliphatic carbocycles. The molecule has 10 heteroatoms. The van der Waals surface area contributed by atoms with E-state index in [0.717, 1.165) is 21.0 Å². The third kappa shape index (κ3) is 6.52. The normalized spacial score (nSPS) is 11.6. The lowest BCUT2D eigenvalue weighted by atomic mass is 10.1. The van der Waals surface area contributed by atoms with E-state index in [1.807, 2.05) is 39.0 Å². The van der Waals surface area contributed by atoms with Crippen molar-refractivity contribution in [3.63, 3.8) is 0 Å². The molecule has 4 rings (SSSR count). The summed E-state index contributed by atoms with van der Waals surface area (Å²) in [7, 11) is -7.90. The molecule has 40 heavy (non-hydrogen) atoms. The maximum Gasteiger partial charge on any atom is 0.264 e. The van der Waals surface area contributed by atoms with Crippen LogP contribution in [0.3, 0.4) is 0 Å². The third-order valence-electron chi connectivity index (χ3n) is 6.47. The lowest BCUT2D eigenvalue weighted by molar-refractivity contribution is -0.114. The molecule has 0 aromatic heterocycles. The van der Waals surface area contributed by atoms with Crippen LogP contribution in [0, 0.1) is 13.8 Å². The highest BCUT2D eigenvalue weighted by atomic mass is 32.2. The van der Waals surface area contributed by atoms with Crippen molar-refractivity contribution in [2.45, 2.75) is 37.0 Å². The summed E-state index contributed by atoms with van der Waals surface area (Å²) in [4.78, 5) is 13.2. The largest absolute Gasteiger partial charge is 0.325 e. The first-order valence-electron chi connectivity index (χ1n) is 12.7. The number of nitrogens with zero attached hydrogens (tertiary/aromatic N) is 1. The number of rotatable bonds is 10. The van der Waals surface area contributed by atoms with E-state index in [1.165, 1.54) is 36.4 Å². The van der Waals surface area contributed by atoms with Crippen LogP contribution in [-0.2, 0) is 31.3 Å². The van der Waals surface area contributed by atoms with Crippen LogP contribution in [0.1, 0.15) is 23.6 Å². The second kappa shape index (κ2) is 11.9. The predicted octanol–water partition coefficient (Wildman–Crippen LogP) is 5.50. The highest BCUT2D eigenvalue weighted by Crippen LogP contribution is 2.28. The first kappa shape index (κ1) is 28.8. The number of para-hydroxylation sites is 1. The van der Waals surface area contributed by atoms with Crippen LogP contribution in [0.2, 0.25) is 0 Å². The minimum absolute atomic E-state index is 0.0221. The SMILES string of the molecule is CCc1ccccc1N(CC(=O)Nc1ccc(S(=O)(=O)Nc2ccc(C)c(C)c2)cc1)S(=O)(=O)c1ccccc1. The minimum Gasteiger partial charge on any atom is -0.325 e. The van der Waals surface area contributed by atoms with E-state index in [2.05, 4.69) is 10.0 Å². The number of carbonyl (C=O) groups excluding carboxylic acids is 1. The van der Waals surface area contributed by atoms with E-state index >= 15 is 0 Å². The Hall–Kier alpha value is -4.15. The number of sulfonamides is 2. The molecular weight excluding hydrogens is 546 g/mol. The summed E-state index contributed by atoms with van der Waals surface area (Å²) in [6.45, 7) is 5.29. The van der Waals surface area contributed by atoms with Gasteiger partial charge in [-0.1, -0.05) is 49.4 Å². The molecule has 0 unspecified atom stereocenters. The molecule has 208 valence electrons. The number of anilines is 3. The Morgan fingerprint density at radius 2 is 1.35 bits per heavy atom. The average Bonchev–Trinajstić information content (AvgIpc) is 2.94. The van der Waals surface area contributed by atoms with Crippen LogP contribution in [-0.4, -0.2) is 29.3 Å². The van der Waals surface area contributed by atoms with E-state index in [9.17, 15) is 21.6 Å². The maximum absolute atomic E-state index is 13.6. The van der Waals surface area contributed by atoms with Gasteiger partial charge in [-0.2, -0.15) is 0 Å². The summed E-state index contributed by atoms with van der Waals surface area (Å²) in [5.41, 5.74) is 3.99. The molecule has 4 aromatic rings. The lowest BCUT2D eigenvalue weighted by Crippen LogP contribution is -2.38. The number of benzene rings is 4. The van der Waals surface area contributed by atoms with E-state index < -0.39 is 32.5 Å². The lowest BCUT2D eigenvalue weighted by Gasteiger charge is -2.26. The molecular formula is C30H31N3O5S2. The van der Waals surface area contributed by atoms with Crippen molar-refractivity contribution in [3.8, 4) is 0 Å². The molecule has 1 amide bonds. The molecule has 0 saturated heterocycles. The Morgan fingerprint density at radius 1 is 0.725 bits per heavy atom. The number of hydrogen-bond acceptors (Lipinski definition) is 5. The summed E-state index contributed by atoms with van der Waals surface area (Å²) in [5.74, 6) is -0.575. The van der Waals surface area contributed by atoms with Gasteiger partial charge in [0.1, 0.15) is 6.54 Å². The van der Waals surface area contributed by atoms with Gasteiger partial charge in [0.05, 0.1) is 15.5 Å². The fraction of sp³-hybridized carbons (Fsp3) is 0.167. The van der Waals surface area contributed by atoms with E-state index in [0.29, 0.717) is 23.5 Å². The molecule has 0 aliphatic rings. The van der Waals surface area contributed by atoms with Crippen LogP contribution in [0.4, 0.5) is 17.1 Å². The number of hydrogen-bond donors (Lipinski definition) is 2. The highest BCUT2D eigenvalue weighted by Gasteiger charge is 2.28. The summed E-state index contributed by atoms with van der Waals surface area (Å²) >= 11 is 0. The number of nitrogens with one attached hydrogen (secondary N) is 2. The number of aryl methyl sites for hydroxylation is 3. The summed E-state index contributed by atoms with van der Waals surface area (Å²) in [6.07, 6.45) is 0.574. The Bertz CT molecular complexity index is 1720. The smallest absolute Gasteiger partial charge is 0.264 e.